The van der Waals surface area contributed by atoms with Crippen molar-refractivity contribution < 1.29 is 18.9 Å². The van der Waals surface area contributed by atoms with Crippen molar-refractivity contribution in [1.29, 1.82) is 0 Å². The van der Waals surface area contributed by atoms with Crippen molar-refractivity contribution in [2.24, 2.45) is 0 Å². The van der Waals surface area contributed by atoms with Gasteiger partial charge in [0.1, 0.15) is 11.5 Å². The van der Waals surface area contributed by atoms with Gasteiger partial charge in [-0.3, -0.25) is 0 Å². The minimum absolute atomic E-state index is 0.688. The molecule has 0 amide bonds. The Labute approximate surface area is 536 Å². The van der Waals surface area contributed by atoms with Gasteiger partial charge in [-0.1, -0.05) is 412 Å². The van der Waals surface area contributed by atoms with Crippen LogP contribution in [0.25, 0.3) is 21.5 Å². The molecule has 3 rings (SSSR count). The van der Waals surface area contributed by atoms with Crippen LogP contribution < -0.4 is 18.9 Å². The second-order valence-corrected chi connectivity index (χ2v) is 27.2. The van der Waals surface area contributed by atoms with E-state index in [9.17, 15) is 0 Å². The lowest BCUT2D eigenvalue weighted by atomic mass is 9.99. The van der Waals surface area contributed by atoms with Crippen molar-refractivity contribution in [2.75, 3.05) is 26.4 Å². The van der Waals surface area contributed by atoms with Gasteiger partial charge in [-0.15, -0.1) is 0 Å². The van der Waals surface area contributed by atoms with E-state index in [2.05, 4.69) is 64.1 Å². The Morgan fingerprint density at radius 2 is 0.395 bits per heavy atom. The first-order chi connectivity index (χ1) is 42.8. The van der Waals surface area contributed by atoms with Gasteiger partial charge >= 0.3 is 0 Å². The average molecular weight is 1200 g/mol. The molecule has 0 fully saturated rings. The Kier molecular flexibility index (Phi) is 54.1. The molecule has 0 aliphatic heterocycles. The number of rotatable bonds is 68. The van der Waals surface area contributed by atoms with E-state index < -0.39 is 0 Å². The van der Waals surface area contributed by atoms with Gasteiger partial charge in [-0.25, -0.2) is 0 Å². The lowest BCUT2D eigenvalue weighted by molar-refractivity contribution is 0.259. The van der Waals surface area contributed by atoms with Crippen LogP contribution in [0.2, 0.25) is 0 Å². The molecule has 0 spiro atoms. The fraction of sp³-hybridized carbons (Fsp3) is 0.829. The van der Waals surface area contributed by atoms with Crippen LogP contribution in [-0.2, 0) is 0 Å². The maximum atomic E-state index is 7.11. The van der Waals surface area contributed by atoms with Crippen LogP contribution in [0.4, 0.5) is 0 Å². The van der Waals surface area contributed by atoms with Gasteiger partial charge in [-0.05, 0) is 37.8 Å². The van der Waals surface area contributed by atoms with E-state index in [0.29, 0.717) is 19.8 Å². The van der Waals surface area contributed by atoms with Crippen molar-refractivity contribution in [3.63, 3.8) is 0 Å². The highest BCUT2D eigenvalue weighted by Crippen LogP contribution is 2.50. The van der Waals surface area contributed by atoms with Gasteiger partial charge in [-0.2, -0.15) is 0 Å². The first-order valence-corrected chi connectivity index (χ1v) is 39.3. The molecule has 3 aromatic rings. The summed E-state index contributed by atoms with van der Waals surface area (Å²) in [6.45, 7) is 12.1. The van der Waals surface area contributed by atoms with E-state index in [1.54, 1.807) is 0 Å². The molecule has 498 valence electrons. The molecule has 0 radical (unpaired) electrons. The third kappa shape index (κ3) is 40.9. The fourth-order valence-electron chi connectivity index (χ4n) is 13.3. The molecule has 4 nitrogen and oxygen atoms in total. The van der Waals surface area contributed by atoms with E-state index in [1.807, 2.05) is 0 Å². The second-order valence-electron chi connectivity index (χ2n) is 27.2. The molecule has 3 aromatic carbocycles. The predicted molar refractivity (Wildman–Crippen MR) is 383 cm³/mol. The minimum atomic E-state index is 0.688. The molecule has 86 heavy (non-hydrogen) atoms. The molecule has 0 aliphatic rings. The summed E-state index contributed by atoms with van der Waals surface area (Å²) in [4.78, 5) is 0. The highest BCUT2D eigenvalue weighted by atomic mass is 16.5. The smallest absolute Gasteiger partial charge is 0.172 e. The number of benzene rings is 3. The maximum Gasteiger partial charge on any atom is 0.172 e. The van der Waals surface area contributed by atoms with Crippen LogP contribution in [0.15, 0.2) is 36.4 Å². The first-order valence-electron chi connectivity index (χ1n) is 39.3. The summed E-state index contributed by atoms with van der Waals surface area (Å²) < 4.78 is 28.1. The zero-order valence-corrected chi connectivity index (χ0v) is 58.4. The Bertz CT molecular complexity index is 1890. The predicted octanol–water partition coefficient (Wildman–Crippen LogP) is 29.0. The van der Waals surface area contributed by atoms with Gasteiger partial charge in [0, 0.05) is 16.2 Å². The fourth-order valence-corrected chi connectivity index (χ4v) is 13.3. The number of hydrogen-bond donors (Lipinski definition) is 0. The second kappa shape index (κ2) is 60.0. The number of fused-ring (bicyclic) bond motifs is 2. The van der Waals surface area contributed by atoms with E-state index >= 15 is 0 Å². The summed E-state index contributed by atoms with van der Waals surface area (Å²) in [5.41, 5.74) is 0. The molecule has 0 heterocycles. The Morgan fingerprint density at radius 3 is 0.663 bits per heavy atom. The molecule has 0 aromatic heterocycles. The summed E-state index contributed by atoms with van der Waals surface area (Å²) in [5, 5.41) is 4.42. The third-order valence-electron chi connectivity index (χ3n) is 19.0. The SMILES string of the molecule is CCCCCCCCCCCCCCCCCOc1ccc2c(OCCCCCCCCCCCCCCCCC)c3ccccc3c(OCCCCCCCCCCCCCCCCC)c2c1OCCCCCCCCCCCCCCCCC. The maximum absolute atomic E-state index is 7.11. The van der Waals surface area contributed by atoms with Crippen molar-refractivity contribution in [1.82, 2.24) is 0 Å². The van der Waals surface area contributed by atoms with E-state index in [1.165, 1.54) is 360 Å². The van der Waals surface area contributed by atoms with Crippen LogP contribution in [0.1, 0.15) is 413 Å². The largest absolute Gasteiger partial charge is 0.492 e. The van der Waals surface area contributed by atoms with Gasteiger partial charge in [0.15, 0.2) is 11.5 Å². The summed E-state index contributed by atoms with van der Waals surface area (Å²) >= 11 is 0. The van der Waals surface area contributed by atoms with Crippen LogP contribution >= 0.6 is 0 Å². The van der Waals surface area contributed by atoms with E-state index in [-0.39, 0.29) is 0 Å². The number of ether oxygens (including phenoxy) is 4. The molecule has 0 atom stereocenters. The van der Waals surface area contributed by atoms with Crippen molar-refractivity contribution in [3.05, 3.63) is 36.4 Å². The lowest BCUT2D eigenvalue weighted by Crippen LogP contribution is -2.06. The molecular weight excluding hydrogens is 1050 g/mol. The molecule has 0 saturated carbocycles. The average Bonchev–Trinajstić information content (AvgIpc) is 1.46. The monoisotopic (exact) mass is 1200 g/mol. The van der Waals surface area contributed by atoms with E-state index in [4.69, 9.17) is 18.9 Å². The van der Waals surface area contributed by atoms with Crippen LogP contribution in [0.5, 0.6) is 23.0 Å². The summed E-state index contributed by atoms with van der Waals surface area (Å²) in [6.07, 6.45) is 81.8. The van der Waals surface area contributed by atoms with Crippen LogP contribution in [0, 0.1) is 0 Å². The molecular formula is C82H146O4. The Morgan fingerprint density at radius 1 is 0.186 bits per heavy atom. The summed E-state index contributed by atoms with van der Waals surface area (Å²) in [5.74, 6) is 3.66. The first kappa shape index (κ1) is 77.6. The molecule has 0 saturated heterocycles. The highest BCUT2D eigenvalue weighted by Gasteiger charge is 2.23. The number of hydrogen-bond acceptors (Lipinski definition) is 4. The Balaban J connectivity index is 1.67. The van der Waals surface area contributed by atoms with Gasteiger partial charge in [0.2, 0.25) is 0 Å². The van der Waals surface area contributed by atoms with Gasteiger partial charge < -0.3 is 18.9 Å². The molecule has 0 N–H and O–H groups in total. The lowest BCUT2D eigenvalue weighted by Gasteiger charge is -2.22. The van der Waals surface area contributed by atoms with E-state index in [0.717, 1.165) is 76.8 Å². The normalized spacial score (nSPS) is 11.7. The molecule has 4 heteroatoms. The topological polar surface area (TPSA) is 36.9 Å². The van der Waals surface area contributed by atoms with Gasteiger partial charge in [0.25, 0.3) is 0 Å². The molecule has 0 unspecified atom stereocenters. The van der Waals surface area contributed by atoms with Crippen molar-refractivity contribution in [2.45, 2.75) is 413 Å². The van der Waals surface area contributed by atoms with Gasteiger partial charge in [0.05, 0.1) is 31.8 Å². The van der Waals surface area contributed by atoms with Crippen molar-refractivity contribution in [3.8, 4) is 23.0 Å². The minimum Gasteiger partial charge on any atom is -0.492 e. The van der Waals surface area contributed by atoms with Crippen LogP contribution in [-0.4, -0.2) is 26.4 Å². The Hall–Kier alpha value is -2.62. The highest BCUT2D eigenvalue weighted by molar-refractivity contribution is 6.13. The summed E-state index contributed by atoms with van der Waals surface area (Å²) in [7, 11) is 0. The van der Waals surface area contributed by atoms with Crippen LogP contribution in [0.3, 0.4) is 0 Å². The molecule has 0 aliphatic carbocycles. The zero-order valence-electron chi connectivity index (χ0n) is 58.4. The third-order valence-corrected chi connectivity index (χ3v) is 19.0. The quantitative estimate of drug-likeness (QED) is 0.0417. The number of unbranched alkanes of at least 4 members (excludes halogenated alkanes) is 56. The molecule has 0 bridgehead atoms. The standard InChI is InChI=1S/C82H146O4/c1-5-9-13-17-21-25-29-33-37-41-45-49-53-57-63-71-83-78-70-69-77-79(82(78)86-74-66-60-56-52-48-44-40-36-32-28-24-20-16-12-8-4)81(85-73-65-59-55-51-47-43-39-35-31-27-23-19-15-11-7-3)76-68-62-61-67-75(76)80(77)84-72-64-58-54-50-46-42-38-34-30-26-22-18-14-10-6-2/h61-62,67-70H,5-60,63-66,71-74H2,1-4H3. The summed E-state index contributed by atoms with van der Waals surface area (Å²) in [6, 6.07) is 13.3. The van der Waals surface area contributed by atoms with Crippen molar-refractivity contribution >= 4 is 21.5 Å². The zero-order chi connectivity index (χ0) is 60.9.